The first-order valence-electron chi connectivity index (χ1n) is 7.53. The molecule has 0 bridgehead atoms. The predicted octanol–water partition coefficient (Wildman–Crippen LogP) is 5.87. The van der Waals surface area contributed by atoms with E-state index < -0.39 is 0 Å². The number of hydrogen-bond acceptors (Lipinski definition) is 0. The lowest BCUT2D eigenvalue weighted by Crippen LogP contribution is -1.99. The SMILES string of the molecule is CCC(C)/C1=C/CCCCCCCCCC1. The standard InChI is InChI=1S/C16H30/c1-3-15(2)16-13-11-9-7-5-4-6-8-10-12-14-16/h13,15H,3-12,14H2,1-2H3/b16-13+. The first kappa shape index (κ1) is 13.8. The zero-order valence-electron chi connectivity index (χ0n) is 11.4. The third-order valence-electron chi connectivity index (χ3n) is 4.07. The van der Waals surface area contributed by atoms with Crippen LogP contribution in [0.5, 0.6) is 0 Å². The van der Waals surface area contributed by atoms with E-state index in [2.05, 4.69) is 19.9 Å². The molecule has 1 atom stereocenters. The van der Waals surface area contributed by atoms with Gasteiger partial charge in [0, 0.05) is 0 Å². The van der Waals surface area contributed by atoms with E-state index in [9.17, 15) is 0 Å². The van der Waals surface area contributed by atoms with Gasteiger partial charge in [-0.2, -0.15) is 0 Å². The molecule has 0 radical (unpaired) electrons. The Bertz CT molecular complexity index is 190. The van der Waals surface area contributed by atoms with Crippen LogP contribution in [-0.4, -0.2) is 0 Å². The minimum atomic E-state index is 0.822. The lowest BCUT2D eigenvalue weighted by atomic mass is 9.91. The van der Waals surface area contributed by atoms with Gasteiger partial charge in [-0.05, 0) is 38.0 Å². The van der Waals surface area contributed by atoms with Gasteiger partial charge in [0.2, 0.25) is 0 Å². The highest BCUT2D eigenvalue weighted by molar-refractivity contribution is 5.05. The van der Waals surface area contributed by atoms with Crippen LogP contribution in [0.25, 0.3) is 0 Å². The second-order valence-electron chi connectivity index (χ2n) is 5.46. The molecule has 0 aromatic carbocycles. The van der Waals surface area contributed by atoms with Crippen LogP contribution in [0.3, 0.4) is 0 Å². The molecular formula is C16H30. The van der Waals surface area contributed by atoms with Crippen LogP contribution in [0.15, 0.2) is 11.6 Å². The summed E-state index contributed by atoms with van der Waals surface area (Å²) < 4.78 is 0. The Kier molecular flexibility index (Phi) is 7.63. The second-order valence-corrected chi connectivity index (χ2v) is 5.46. The number of rotatable bonds is 2. The molecule has 1 rings (SSSR count). The highest BCUT2D eigenvalue weighted by Gasteiger charge is 2.06. The average molecular weight is 222 g/mol. The summed E-state index contributed by atoms with van der Waals surface area (Å²) in [6.45, 7) is 4.72. The minimum absolute atomic E-state index is 0.822. The van der Waals surface area contributed by atoms with Crippen molar-refractivity contribution in [2.24, 2.45) is 5.92 Å². The van der Waals surface area contributed by atoms with Gasteiger partial charge in [-0.15, -0.1) is 0 Å². The summed E-state index contributed by atoms with van der Waals surface area (Å²) >= 11 is 0. The fraction of sp³-hybridized carbons (Fsp3) is 0.875. The van der Waals surface area contributed by atoms with Crippen molar-refractivity contribution >= 4 is 0 Å². The van der Waals surface area contributed by atoms with E-state index in [1.165, 1.54) is 70.6 Å². The van der Waals surface area contributed by atoms with Crippen LogP contribution in [0, 0.1) is 5.92 Å². The summed E-state index contributed by atoms with van der Waals surface area (Å²) in [6.07, 6.45) is 18.2. The van der Waals surface area contributed by atoms with E-state index in [1.807, 2.05) is 0 Å². The summed E-state index contributed by atoms with van der Waals surface area (Å²) in [7, 11) is 0. The third kappa shape index (κ3) is 5.72. The monoisotopic (exact) mass is 222 g/mol. The van der Waals surface area contributed by atoms with Gasteiger partial charge < -0.3 is 0 Å². The van der Waals surface area contributed by atoms with E-state index in [0.29, 0.717) is 0 Å². The predicted molar refractivity (Wildman–Crippen MR) is 73.7 cm³/mol. The van der Waals surface area contributed by atoms with E-state index in [0.717, 1.165) is 5.92 Å². The lowest BCUT2D eigenvalue weighted by Gasteiger charge is -2.15. The molecule has 0 saturated carbocycles. The molecule has 0 heteroatoms. The highest BCUT2D eigenvalue weighted by Crippen LogP contribution is 2.23. The van der Waals surface area contributed by atoms with Gasteiger partial charge in [-0.25, -0.2) is 0 Å². The van der Waals surface area contributed by atoms with Crippen LogP contribution < -0.4 is 0 Å². The maximum atomic E-state index is 2.57. The zero-order valence-corrected chi connectivity index (χ0v) is 11.4. The third-order valence-corrected chi connectivity index (χ3v) is 4.07. The molecule has 0 spiro atoms. The Morgan fingerprint density at radius 1 is 0.938 bits per heavy atom. The van der Waals surface area contributed by atoms with Crippen LogP contribution in [0.4, 0.5) is 0 Å². The van der Waals surface area contributed by atoms with Gasteiger partial charge in [0.15, 0.2) is 0 Å². The fourth-order valence-corrected chi connectivity index (χ4v) is 2.63. The van der Waals surface area contributed by atoms with Gasteiger partial charge in [-0.3, -0.25) is 0 Å². The zero-order chi connectivity index (χ0) is 11.6. The molecule has 1 aliphatic rings. The van der Waals surface area contributed by atoms with Crippen molar-refractivity contribution in [3.8, 4) is 0 Å². The van der Waals surface area contributed by atoms with Crippen LogP contribution in [-0.2, 0) is 0 Å². The Morgan fingerprint density at radius 3 is 2.12 bits per heavy atom. The normalized spacial score (nSPS) is 26.0. The van der Waals surface area contributed by atoms with Crippen molar-refractivity contribution in [1.29, 1.82) is 0 Å². The molecule has 1 unspecified atom stereocenters. The van der Waals surface area contributed by atoms with Gasteiger partial charge in [0.05, 0.1) is 0 Å². The van der Waals surface area contributed by atoms with Crippen LogP contribution in [0.2, 0.25) is 0 Å². The Hall–Kier alpha value is -0.260. The fourth-order valence-electron chi connectivity index (χ4n) is 2.63. The summed E-state index contributed by atoms with van der Waals surface area (Å²) in [5, 5.41) is 0. The van der Waals surface area contributed by atoms with Gasteiger partial charge in [-0.1, -0.05) is 64.0 Å². The Labute approximate surface area is 103 Å². The number of allylic oxidation sites excluding steroid dienone is 2. The van der Waals surface area contributed by atoms with E-state index in [-0.39, 0.29) is 0 Å². The van der Waals surface area contributed by atoms with Crippen molar-refractivity contribution in [3.63, 3.8) is 0 Å². The second kappa shape index (κ2) is 8.84. The topological polar surface area (TPSA) is 0 Å². The van der Waals surface area contributed by atoms with Crippen molar-refractivity contribution < 1.29 is 0 Å². The highest BCUT2D eigenvalue weighted by atomic mass is 14.1. The van der Waals surface area contributed by atoms with Crippen molar-refractivity contribution in [2.75, 3.05) is 0 Å². The largest absolute Gasteiger partial charge is 0.0851 e. The average Bonchev–Trinajstić information content (AvgIpc) is 2.29. The molecule has 1 aliphatic carbocycles. The van der Waals surface area contributed by atoms with Crippen molar-refractivity contribution in [1.82, 2.24) is 0 Å². The van der Waals surface area contributed by atoms with E-state index in [4.69, 9.17) is 0 Å². The molecule has 0 saturated heterocycles. The number of hydrogen-bond donors (Lipinski definition) is 0. The van der Waals surface area contributed by atoms with Crippen molar-refractivity contribution in [3.05, 3.63) is 11.6 Å². The molecule has 0 aliphatic heterocycles. The summed E-state index contributed by atoms with van der Waals surface area (Å²) in [5.41, 5.74) is 1.75. The summed E-state index contributed by atoms with van der Waals surface area (Å²) in [4.78, 5) is 0. The molecule has 0 aromatic rings. The first-order valence-corrected chi connectivity index (χ1v) is 7.53. The molecule has 0 fully saturated rings. The van der Waals surface area contributed by atoms with Crippen LogP contribution >= 0.6 is 0 Å². The Morgan fingerprint density at radius 2 is 1.50 bits per heavy atom. The maximum absolute atomic E-state index is 2.57. The molecule has 0 nitrogen and oxygen atoms in total. The molecule has 16 heavy (non-hydrogen) atoms. The summed E-state index contributed by atoms with van der Waals surface area (Å²) in [5.74, 6) is 0.822. The van der Waals surface area contributed by atoms with Crippen LogP contribution in [0.1, 0.15) is 84.5 Å². The smallest absolute Gasteiger partial charge is 0.0234 e. The van der Waals surface area contributed by atoms with Gasteiger partial charge in [0.25, 0.3) is 0 Å². The Balaban J connectivity index is 2.43. The molecule has 0 N–H and O–H groups in total. The molecule has 0 heterocycles. The molecule has 94 valence electrons. The molecular weight excluding hydrogens is 192 g/mol. The minimum Gasteiger partial charge on any atom is -0.0851 e. The molecule has 0 aromatic heterocycles. The van der Waals surface area contributed by atoms with Gasteiger partial charge >= 0.3 is 0 Å². The first-order chi connectivity index (χ1) is 7.84. The molecule has 0 amide bonds. The lowest BCUT2D eigenvalue weighted by molar-refractivity contribution is 0.540. The summed E-state index contributed by atoms with van der Waals surface area (Å²) in [6, 6.07) is 0. The van der Waals surface area contributed by atoms with Crippen molar-refractivity contribution in [2.45, 2.75) is 84.5 Å². The van der Waals surface area contributed by atoms with E-state index >= 15 is 0 Å². The van der Waals surface area contributed by atoms with E-state index in [1.54, 1.807) is 5.57 Å². The van der Waals surface area contributed by atoms with Gasteiger partial charge in [0.1, 0.15) is 0 Å². The maximum Gasteiger partial charge on any atom is -0.0234 e. The quantitative estimate of drug-likeness (QED) is 0.512.